The molecule has 0 aliphatic heterocycles. The van der Waals surface area contributed by atoms with Crippen molar-refractivity contribution in [2.75, 3.05) is 6.54 Å². The lowest BCUT2D eigenvalue weighted by molar-refractivity contribution is 0.357. The van der Waals surface area contributed by atoms with E-state index < -0.39 is 0 Å². The molecule has 3 atom stereocenters. The molecule has 1 fully saturated rings. The summed E-state index contributed by atoms with van der Waals surface area (Å²) in [6, 6.07) is 1.89. The van der Waals surface area contributed by atoms with Gasteiger partial charge in [0.1, 0.15) is 5.82 Å². The van der Waals surface area contributed by atoms with E-state index in [4.69, 9.17) is 0 Å². The largest absolute Gasteiger partial charge is 0.310 e. The van der Waals surface area contributed by atoms with Crippen molar-refractivity contribution in [1.82, 2.24) is 10.3 Å². The molecule has 0 radical (unpaired) electrons. The molecule has 0 spiro atoms. The van der Waals surface area contributed by atoms with Gasteiger partial charge in [0.25, 0.3) is 0 Å². The number of hydrogen-bond donors (Lipinski definition) is 1. The van der Waals surface area contributed by atoms with Crippen LogP contribution in [0.2, 0.25) is 0 Å². The Balaban J connectivity index is 2.14. The molecule has 18 heavy (non-hydrogen) atoms. The first kappa shape index (κ1) is 13.5. The Labute approximate surface area is 109 Å². The van der Waals surface area contributed by atoms with Crippen LogP contribution in [0.1, 0.15) is 51.1 Å². The quantitative estimate of drug-likeness (QED) is 0.862. The lowest BCUT2D eigenvalue weighted by Crippen LogP contribution is -2.28. The molecular formula is C15H23FN2. The summed E-state index contributed by atoms with van der Waals surface area (Å²) in [5.41, 5.74) is 1.00. The van der Waals surface area contributed by atoms with Crippen molar-refractivity contribution in [3.8, 4) is 0 Å². The predicted octanol–water partition coefficient (Wildman–Crippen LogP) is 3.70. The van der Waals surface area contributed by atoms with E-state index in [1.54, 1.807) is 12.3 Å². The Hall–Kier alpha value is -0.960. The molecule has 1 aliphatic carbocycles. The van der Waals surface area contributed by atoms with Gasteiger partial charge in [0, 0.05) is 12.2 Å². The minimum atomic E-state index is -0.234. The van der Waals surface area contributed by atoms with Crippen LogP contribution in [0.25, 0.3) is 0 Å². The molecule has 100 valence electrons. The van der Waals surface area contributed by atoms with Crippen molar-refractivity contribution in [3.05, 3.63) is 29.8 Å². The van der Waals surface area contributed by atoms with Crippen LogP contribution < -0.4 is 5.32 Å². The number of rotatable bonds is 5. The van der Waals surface area contributed by atoms with Crippen LogP contribution in [0.5, 0.6) is 0 Å². The highest BCUT2D eigenvalue weighted by molar-refractivity contribution is 5.16. The molecule has 1 aliphatic rings. The summed E-state index contributed by atoms with van der Waals surface area (Å²) in [7, 11) is 0. The number of hydrogen-bond acceptors (Lipinski definition) is 2. The fourth-order valence-electron chi connectivity index (χ4n) is 3.01. The second kappa shape index (κ2) is 6.28. The summed E-state index contributed by atoms with van der Waals surface area (Å²) in [5.74, 6) is 1.18. The zero-order valence-electron chi connectivity index (χ0n) is 11.3. The number of nitrogens with zero attached hydrogens (tertiary/aromatic N) is 1. The average molecular weight is 250 g/mol. The third-order valence-electron chi connectivity index (χ3n) is 3.91. The molecule has 0 bridgehead atoms. The lowest BCUT2D eigenvalue weighted by Gasteiger charge is -2.25. The second-order valence-electron chi connectivity index (χ2n) is 5.55. The van der Waals surface area contributed by atoms with Crippen molar-refractivity contribution in [1.29, 1.82) is 0 Å². The van der Waals surface area contributed by atoms with Gasteiger partial charge in [-0.05, 0) is 49.3 Å². The van der Waals surface area contributed by atoms with Gasteiger partial charge < -0.3 is 5.32 Å². The van der Waals surface area contributed by atoms with Crippen LogP contribution in [0.4, 0.5) is 4.39 Å². The van der Waals surface area contributed by atoms with Crippen molar-refractivity contribution < 1.29 is 4.39 Å². The van der Waals surface area contributed by atoms with Gasteiger partial charge in [0.2, 0.25) is 0 Å². The van der Waals surface area contributed by atoms with E-state index in [1.807, 2.05) is 0 Å². The van der Waals surface area contributed by atoms with Gasteiger partial charge in [-0.25, -0.2) is 4.39 Å². The van der Waals surface area contributed by atoms with Crippen molar-refractivity contribution in [3.63, 3.8) is 0 Å². The van der Waals surface area contributed by atoms with Crippen LogP contribution in [0.15, 0.2) is 18.5 Å². The Morgan fingerprint density at radius 2 is 2.28 bits per heavy atom. The molecule has 0 aromatic carbocycles. The van der Waals surface area contributed by atoms with Gasteiger partial charge in [0.15, 0.2) is 0 Å². The molecule has 3 heteroatoms. The van der Waals surface area contributed by atoms with E-state index in [2.05, 4.69) is 24.1 Å². The maximum Gasteiger partial charge on any atom is 0.141 e. The number of halogens is 1. The summed E-state index contributed by atoms with van der Waals surface area (Å²) >= 11 is 0. The molecular weight excluding hydrogens is 227 g/mol. The normalized spacial score (nSPS) is 25.3. The fourth-order valence-corrected chi connectivity index (χ4v) is 3.01. The third kappa shape index (κ3) is 3.29. The van der Waals surface area contributed by atoms with Crippen molar-refractivity contribution >= 4 is 0 Å². The number of pyridine rings is 1. The monoisotopic (exact) mass is 250 g/mol. The lowest BCUT2D eigenvalue weighted by atomic mass is 9.91. The van der Waals surface area contributed by atoms with Crippen molar-refractivity contribution in [2.45, 2.75) is 45.6 Å². The van der Waals surface area contributed by atoms with Crippen LogP contribution in [0.3, 0.4) is 0 Å². The number of aromatic nitrogens is 1. The summed E-state index contributed by atoms with van der Waals surface area (Å²) in [4.78, 5) is 3.99. The molecule has 0 amide bonds. The Kier molecular flexibility index (Phi) is 4.70. The molecule has 1 aromatic rings. The van der Waals surface area contributed by atoms with Gasteiger partial charge in [0.05, 0.1) is 6.20 Å². The zero-order valence-corrected chi connectivity index (χ0v) is 11.3. The van der Waals surface area contributed by atoms with Gasteiger partial charge in [-0.1, -0.05) is 20.3 Å². The molecule has 2 nitrogen and oxygen atoms in total. The maximum absolute atomic E-state index is 13.3. The van der Waals surface area contributed by atoms with E-state index >= 15 is 0 Å². The molecule has 3 unspecified atom stereocenters. The van der Waals surface area contributed by atoms with Crippen LogP contribution in [0, 0.1) is 17.7 Å². The Bertz CT molecular complexity index is 381. The van der Waals surface area contributed by atoms with Crippen LogP contribution in [-0.4, -0.2) is 11.5 Å². The minimum Gasteiger partial charge on any atom is -0.310 e. The first-order valence-corrected chi connectivity index (χ1v) is 7.04. The van der Waals surface area contributed by atoms with Crippen molar-refractivity contribution in [2.24, 2.45) is 11.8 Å². The van der Waals surface area contributed by atoms with Gasteiger partial charge in [-0.15, -0.1) is 0 Å². The summed E-state index contributed by atoms with van der Waals surface area (Å²) in [5, 5.41) is 3.57. The predicted molar refractivity (Wildman–Crippen MR) is 71.7 cm³/mol. The smallest absolute Gasteiger partial charge is 0.141 e. The SMILES string of the molecule is CCCNC(c1cncc(F)c1)C1CCC(C)C1. The van der Waals surface area contributed by atoms with Gasteiger partial charge >= 0.3 is 0 Å². The summed E-state index contributed by atoms with van der Waals surface area (Å²) in [6.07, 6.45) is 7.94. The summed E-state index contributed by atoms with van der Waals surface area (Å²) in [6.45, 7) is 5.44. The molecule has 2 rings (SSSR count). The van der Waals surface area contributed by atoms with Gasteiger partial charge in [-0.2, -0.15) is 0 Å². The number of nitrogens with one attached hydrogen (secondary N) is 1. The second-order valence-corrected chi connectivity index (χ2v) is 5.55. The minimum absolute atomic E-state index is 0.234. The van der Waals surface area contributed by atoms with E-state index in [0.29, 0.717) is 5.92 Å². The Morgan fingerprint density at radius 1 is 1.44 bits per heavy atom. The molecule has 1 heterocycles. The zero-order chi connectivity index (χ0) is 13.0. The molecule has 0 saturated heterocycles. The maximum atomic E-state index is 13.3. The first-order chi connectivity index (χ1) is 8.70. The van der Waals surface area contributed by atoms with E-state index in [9.17, 15) is 4.39 Å². The highest BCUT2D eigenvalue weighted by atomic mass is 19.1. The third-order valence-corrected chi connectivity index (χ3v) is 3.91. The van der Waals surface area contributed by atoms with Crippen LogP contribution >= 0.6 is 0 Å². The highest BCUT2D eigenvalue weighted by Crippen LogP contribution is 2.38. The van der Waals surface area contributed by atoms with E-state index in [0.717, 1.165) is 24.4 Å². The molecule has 1 aromatic heterocycles. The summed E-state index contributed by atoms with van der Waals surface area (Å²) < 4.78 is 13.3. The highest BCUT2D eigenvalue weighted by Gasteiger charge is 2.29. The first-order valence-electron chi connectivity index (χ1n) is 7.04. The molecule has 1 saturated carbocycles. The molecule has 1 N–H and O–H groups in total. The average Bonchev–Trinajstić information content (AvgIpc) is 2.76. The van der Waals surface area contributed by atoms with Gasteiger partial charge in [-0.3, -0.25) is 4.98 Å². The standard InChI is InChI=1S/C15H23FN2/c1-3-6-18-15(12-5-4-11(2)7-12)13-8-14(16)10-17-9-13/h8-12,15,18H,3-7H2,1-2H3. The van der Waals surface area contributed by atoms with E-state index in [1.165, 1.54) is 25.5 Å². The topological polar surface area (TPSA) is 24.9 Å². The fraction of sp³-hybridized carbons (Fsp3) is 0.667. The Morgan fingerprint density at radius 3 is 2.89 bits per heavy atom. The van der Waals surface area contributed by atoms with E-state index in [-0.39, 0.29) is 11.9 Å². The van der Waals surface area contributed by atoms with Crippen LogP contribution in [-0.2, 0) is 0 Å².